The molecule has 0 N–H and O–H groups in total. The Bertz CT molecular complexity index is 612. The maximum atomic E-state index is 11.9. The maximum absolute atomic E-state index is 11.9. The fourth-order valence-corrected chi connectivity index (χ4v) is 1.92. The van der Waals surface area contributed by atoms with Crippen molar-refractivity contribution < 1.29 is 0 Å². The quantitative estimate of drug-likeness (QED) is 0.800. The Morgan fingerprint density at radius 2 is 2.24 bits per heavy atom. The first kappa shape index (κ1) is 12.3. The molecule has 0 aliphatic heterocycles. The molecule has 0 bridgehead atoms. The van der Waals surface area contributed by atoms with Crippen LogP contribution in [0.1, 0.15) is 11.3 Å². The highest BCUT2D eigenvalue weighted by atomic mass is 79.9. The molecule has 88 valence electrons. The number of pyridine rings is 1. The van der Waals surface area contributed by atoms with Gasteiger partial charge in [0.25, 0.3) is 5.56 Å². The first-order valence-electron chi connectivity index (χ1n) is 4.90. The molecule has 17 heavy (non-hydrogen) atoms. The largest absolute Gasteiger partial charge is 0.294 e. The third kappa shape index (κ3) is 2.73. The number of aryl methyl sites for hydroxylation is 1. The van der Waals surface area contributed by atoms with Crippen LogP contribution in [0.4, 0.5) is 0 Å². The van der Waals surface area contributed by atoms with E-state index in [9.17, 15) is 4.79 Å². The van der Waals surface area contributed by atoms with Gasteiger partial charge in [0.1, 0.15) is 9.63 Å². The molecule has 2 rings (SSSR count). The minimum atomic E-state index is -0.106. The zero-order chi connectivity index (χ0) is 12.4. The summed E-state index contributed by atoms with van der Waals surface area (Å²) in [5.74, 6) is 0. The molecule has 0 saturated carbocycles. The monoisotopic (exact) mass is 313 g/mol. The van der Waals surface area contributed by atoms with Crippen molar-refractivity contribution in [3.63, 3.8) is 0 Å². The molecule has 0 unspecified atom stereocenters. The molecule has 0 fully saturated rings. The average Bonchev–Trinajstić information content (AvgIpc) is 2.30. The molecule has 6 heteroatoms. The minimum absolute atomic E-state index is 0.106. The second kappa shape index (κ2) is 4.98. The van der Waals surface area contributed by atoms with E-state index in [0.29, 0.717) is 21.9 Å². The topological polar surface area (TPSA) is 47.8 Å². The van der Waals surface area contributed by atoms with Gasteiger partial charge in [-0.2, -0.15) is 0 Å². The van der Waals surface area contributed by atoms with Gasteiger partial charge in [-0.05, 0) is 40.5 Å². The molecule has 0 radical (unpaired) electrons. The fraction of sp³-hybridized carbons (Fsp3) is 0.182. The zero-order valence-corrected chi connectivity index (χ0v) is 11.4. The first-order chi connectivity index (χ1) is 8.08. The smallest absolute Gasteiger partial charge is 0.268 e. The van der Waals surface area contributed by atoms with Crippen LogP contribution in [-0.4, -0.2) is 14.5 Å². The number of aromatic nitrogens is 3. The van der Waals surface area contributed by atoms with Crippen LogP contribution in [0.25, 0.3) is 0 Å². The number of halogens is 2. The van der Waals surface area contributed by atoms with Crippen molar-refractivity contribution in [1.29, 1.82) is 0 Å². The summed E-state index contributed by atoms with van der Waals surface area (Å²) >= 11 is 9.01. The molecule has 2 heterocycles. The molecule has 0 aliphatic carbocycles. The van der Waals surface area contributed by atoms with Crippen molar-refractivity contribution in [3.05, 3.63) is 55.9 Å². The van der Waals surface area contributed by atoms with Crippen LogP contribution in [0.2, 0.25) is 5.15 Å². The lowest BCUT2D eigenvalue weighted by Crippen LogP contribution is -2.22. The maximum Gasteiger partial charge on any atom is 0.268 e. The lowest BCUT2D eigenvalue weighted by Gasteiger charge is -2.06. The Hall–Kier alpha value is -1.20. The van der Waals surface area contributed by atoms with E-state index >= 15 is 0 Å². The standard InChI is InChI=1S/C11H9BrClN3O/c1-7-10(12)11(17)16(6-15-7)5-8-2-3-14-9(13)4-8/h2-4,6H,5H2,1H3. The fourth-order valence-electron chi connectivity index (χ4n) is 1.40. The lowest BCUT2D eigenvalue weighted by molar-refractivity contribution is 0.723. The lowest BCUT2D eigenvalue weighted by atomic mass is 10.2. The molecule has 0 aliphatic rings. The average molecular weight is 315 g/mol. The molecule has 0 aromatic carbocycles. The molecule has 0 atom stereocenters. The van der Waals surface area contributed by atoms with Crippen LogP contribution in [0.15, 0.2) is 33.9 Å². The highest BCUT2D eigenvalue weighted by Gasteiger charge is 2.06. The third-order valence-corrected chi connectivity index (χ3v) is 3.42. The molecule has 0 spiro atoms. The van der Waals surface area contributed by atoms with Gasteiger partial charge in [-0.1, -0.05) is 11.6 Å². The van der Waals surface area contributed by atoms with Gasteiger partial charge in [0.05, 0.1) is 18.6 Å². The number of hydrogen-bond acceptors (Lipinski definition) is 3. The highest BCUT2D eigenvalue weighted by molar-refractivity contribution is 9.10. The van der Waals surface area contributed by atoms with Gasteiger partial charge in [0.2, 0.25) is 0 Å². The Labute approximate surface area is 111 Å². The van der Waals surface area contributed by atoms with Crippen molar-refractivity contribution in [2.75, 3.05) is 0 Å². The molecular formula is C11H9BrClN3O. The molecular weight excluding hydrogens is 305 g/mol. The van der Waals surface area contributed by atoms with Crippen LogP contribution in [0, 0.1) is 6.92 Å². The summed E-state index contributed by atoms with van der Waals surface area (Å²) < 4.78 is 2.00. The van der Waals surface area contributed by atoms with E-state index in [4.69, 9.17) is 11.6 Å². The molecule has 0 amide bonds. The summed E-state index contributed by atoms with van der Waals surface area (Å²) in [4.78, 5) is 19.9. The molecule has 4 nitrogen and oxygen atoms in total. The summed E-state index contributed by atoms with van der Waals surface area (Å²) in [5, 5.41) is 0.412. The van der Waals surface area contributed by atoms with Crippen LogP contribution in [0.5, 0.6) is 0 Å². The van der Waals surface area contributed by atoms with Gasteiger partial charge in [0.15, 0.2) is 0 Å². The van der Waals surface area contributed by atoms with Gasteiger partial charge >= 0.3 is 0 Å². The Balaban J connectivity index is 2.37. The Morgan fingerprint density at radius 3 is 2.94 bits per heavy atom. The first-order valence-corrected chi connectivity index (χ1v) is 6.07. The summed E-state index contributed by atoms with van der Waals surface area (Å²) in [6.45, 7) is 2.20. The second-order valence-electron chi connectivity index (χ2n) is 3.56. The SMILES string of the molecule is Cc1ncn(Cc2ccnc(Cl)c2)c(=O)c1Br. The normalized spacial score (nSPS) is 10.5. The van der Waals surface area contributed by atoms with Crippen LogP contribution in [0.3, 0.4) is 0 Å². The van der Waals surface area contributed by atoms with Gasteiger partial charge in [-0.25, -0.2) is 9.97 Å². The predicted molar refractivity (Wildman–Crippen MR) is 69.3 cm³/mol. The van der Waals surface area contributed by atoms with Crippen LogP contribution >= 0.6 is 27.5 Å². The van der Waals surface area contributed by atoms with Crippen LogP contribution < -0.4 is 5.56 Å². The summed E-state index contributed by atoms with van der Waals surface area (Å²) in [6.07, 6.45) is 3.14. The summed E-state index contributed by atoms with van der Waals surface area (Å²) in [5.41, 5.74) is 1.48. The predicted octanol–water partition coefficient (Wildman–Crippen LogP) is 2.41. The molecule has 0 saturated heterocycles. The zero-order valence-electron chi connectivity index (χ0n) is 9.02. The summed E-state index contributed by atoms with van der Waals surface area (Å²) in [7, 11) is 0. The van der Waals surface area contributed by atoms with E-state index in [1.165, 1.54) is 10.9 Å². The van der Waals surface area contributed by atoms with E-state index in [1.807, 2.05) is 6.07 Å². The highest BCUT2D eigenvalue weighted by Crippen LogP contribution is 2.10. The van der Waals surface area contributed by atoms with Crippen molar-refractivity contribution in [2.24, 2.45) is 0 Å². The van der Waals surface area contributed by atoms with Crippen molar-refractivity contribution in [3.8, 4) is 0 Å². The van der Waals surface area contributed by atoms with E-state index in [1.54, 1.807) is 19.2 Å². The van der Waals surface area contributed by atoms with Crippen molar-refractivity contribution in [1.82, 2.24) is 14.5 Å². The van der Waals surface area contributed by atoms with E-state index < -0.39 is 0 Å². The number of nitrogens with zero attached hydrogens (tertiary/aromatic N) is 3. The van der Waals surface area contributed by atoms with Crippen LogP contribution in [-0.2, 0) is 6.54 Å². The second-order valence-corrected chi connectivity index (χ2v) is 4.74. The van der Waals surface area contributed by atoms with E-state index in [2.05, 4.69) is 25.9 Å². The number of rotatable bonds is 2. The van der Waals surface area contributed by atoms with E-state index in [0.717, 1.165) is 5.56 Å². The van der Waals surface area contributed by atoms with E-state index in [-0.39, 0.29) is 5.56 Å². The van der Waals surface area contributed by atoms with Gasteiger partial charge in [-0.15, -0.1) is 0 Å². The van der Waals surface area contributed by atoms with Gasteiger partial charge in [-0.3, -0.25) is 9.36 Å². The van der Waals surface area contributed by atoms with Gasteiger partial charge in [0, 0.05) is 6.20 Å². The molecule has 2 aromatic rings. The summed E-state index contributed by atoms with van der Waals surface area (Å²) in [6, 6.07) is 3.54. The molecule has 2 aromatic heterocycles. The van der Waals surface area contributed by atoms with Crippen molar-refractivity contribution in [2.45, 2.75) is 13.5 Å². The van der Waals surface area contributed by atoms with Crippen molar-refractivity contribution >= 4 is 27.5 Å². The van der Waals surface area contributed by atoms with Gasteiger partial charge < -0.3 is 0 Å². The Morgan fingerprint density at radius 1 is 1.47 bits per heavy atom. The third-order valence-electron chi connectivity index (χ3n) is 2.30. The Kier molecular flexibility index (Phi) is 3.59. The number of hydrogen-bond donors (Lipinski definition) is 0. The minimum Gasteiger partial charge on any atom is -0.294 e.